The molecule has 0 bridgehead atoms. The van der Waals surface area contributed by atoms with E-state index in [2.05, 4.69) is 76.3 Å². The van der Waals surface area contributed by atoms with E-state index in [1.165, 1.54) is 49.9 Å². The van der Waals surface area contributed by atoms with Crippen molar-refractivity contribution in [3.63, 3.8) is 0 Å². The molecular weight excluding hydrogens is 332 g/mol. The highest BCUT2D eigenvalue weighted by Gasteiger charge is 2.33. The Hall–Kier alpha value is -1.06. The summed E-state index contributed by atoms with van der Waals surface area (Å²) in [6.45, 7) is 12.5. The standard InChI is InChI=1S/C24H42N2O/c1-19(2)7-10-21(22-14-16-27-24(3,4)17-22)13-15-25-18-20-8-11-23(12-9-20)26(5)6/h8-9,11-12,19,21-22,25H,7,10,13-18H2,1-6H3/p+1/t21-,22-/m0/s1. The molecule has 1 aliphatic rings. The lowest BCUT2D eigenvalue weighted by Gasteiger charge is -2.39. The molecule has 2 N–H and O–H groups in total. The van der Waals surface area contributed by atoms with E-state index in [-0.39, 0.29) is 5.60 Å². The van der Waals surface area contributed by atoms with Gasteiger partial charge in [-0.15, -0.1) is 0 Å². The molecule has 0 unspecified atom stereocenters. The topological polar surface area (TPSA) is 29.1 Å². The molecule has 1 aliphatic heterocycles. The van der Waals surface area contributed by atoms with Crippen molar-refractivity contribution in [2.75, 3.05) is 32.1 Å². The van der Waals surface area contributed by atoms with Gasteiger partial charge in [0.15, 0.2) is 0 Å². The first-order valence-corrected chi connectivity index (χ1v) is 11.0. The maximum atomic E-state index is 5.97. The highest BCUT2D eigenvalue weighted by atomic mass is 16.5. The molecule has 1 fully saturated rings. The van der Waals surface area contributed by atoms with Crippen molar-refractivity contribution in [3.05, 3.63) is 29.8 Å². The molecule has 0 amide bonds. The third-order valence-corrected chi connectivity index (χ3v) is 6.09. The summed E-state index contributed by atoms with van der Waals surface area (Å²) in [5, 5.41) is 2.50. The summed E-state index contributed by atoms with van der Waals surface area (Å²) in [6, 6.07) is 8.98. The van der Waals surface area contributed by atoms with Crippen LogP contribution in [-0.2, 0) is 11.3 Å². The second-order valence-electron chi connectivity index (χ2n) is 9.72. The van der Waals surface area contributed by atoms with Crippen LogP contribution in [0.1, 0.15) is 65.4 Å². The lowest BCUT2D eigenvalue weighted by Crippen LogP contribution is -2.82. The molecule has 0 aliphatic carbocycles. The summed E-state index contributed by atoms with van der Waals surface area (Å²) < 4.78 is 5.97. The molecule has 0 aromatic heterocycles. The first kappa shape index (κ1) is 22.2. The second kappa shape index (κ2) is 10.5. The minimum absolute atomic E-state index is 0.0664. The number of benzene rings is 1. The third kappa shape index (κ3) is 7.83. The molecule has 1 heterocycles. The van der Waals surface area contributed by atoms with Gasteiger partial charge in [0.2, 0.25) is 0 Å². The number of anilines is 1. The van der Waals surface area contributed by atoms with Crippen LogP contribution in [0, 0.1) is 17.8 Å². The highest BCUT2D eigenvalue weighted by Crippen LogP contribution is 2.37. The molecule has 0 radical (unpaired) electrons. The quantitative estimate of drug-likeness (QED) is 0.612. The summed E-state index contributed by atoms with van der Waals surface area (Å²) in [6.07, 6.45) is 6.54. The number of nitrogens with zero attached hydrogens (tertiary/aromatic N) is 1. The Morgan fingerprint density at radius 3 is 2.41 bits per heavy atom. The van der Waals surface area contributed by atoms with Gasteiger partial charge in [0.1, 0.15) is 6.54 Å². The van der Waals surface area contributed by atoms with E-state index < -0.39 is 0 Å². The fourth-order valence-corrected chi connectivity index (χ4v) is 4.38. The molecule has 1 aromatic rings. The summed E-state index contributed by atoms with van der Waals surface area (Å²) in [5.74, 6) is 2.49. The van der Waals surface area contributed by atoms with E-state index in [1.54, 1.807) is 0 Å². The highest BCUT2D eigenvalue weighted by molar-refractivity contribution is 5.45. The fourth-order valence-electron chi connectivity index (χ4n) is 4.38. The largest absolute Gasteiger partial charge is 0.378 e. The van der Waals surface area contributed by atoms with Gasteiger partial charge >= 0.3 is 0 Å². The Morgan fingerprint density at radius 1 is 1.11 bits per heavy atom. The molecule has 3 nitrogen and oxygen atoms in total. The van der Waals surface area contributed by atoms with Crippen molar-refractivity contribution in [3.8, 4) is 0 Å². The lowest BCUT2D eigenvalue weighted by atomic mass is 9.75. The molecule has 0 spiro atoms. The van der Waals surface area contributed by atoms with Gasteiger partial charge in [-0.3, -0.25) is 0 Å². The van der Waals surface area contributed by atoms with Crippen LogP contribution in [0.5, 0.6) is 0 Å². The molecule has 2 rings (SSSR count). The van der Waals surface area contributed by atoms with Gasteiger partial charge in [-0.25, -0.2) is 0 Å². The molecule has 1 aromatic carbocycles. The molecule has 27 heavy (non-hydrogen) atoms. The van der Waals surface area contributed by atoms with E-state index >= 15 is 0 Å². The van der Waals surface area contributed by atoms with Crippen molar-refractivity contribution in [2.45, 2.75) is 71.9 Å². The Kier molecular flexibility index (Phi) is 8.62. The van der Waals surface area contributed by atoms with Crippen molar-refractivity contribution >= 4 is 5.69 Å². The molecule has 2 atom stereocenters. The zero-order chi connectivity index (χ0) is 19.9. The van der Waals surface area contributed by atoms with Crippen LogP contribution in [-0.4, -0.2) is 32.8 Å². The minimum atomic E-state index is 0.0664. The average molecular weight is 376 g/mol. The second-order valence-corrected chi connectivity index (χ2v) is 9.72. The van der Waals surface area contributed by atoms with Crippen LogP contribution in [0.2, 0.25) is 0 Å². The predicted octanol–water partition coefficient (Wildman–Crippen LogP) is 4.46. The van der Waals surface area contributed by atoms with Crippen LogP contribution in [0.25, 0.3) is 0 Å². The Bertz CT molecular complexity index is 536. The van der Waals surface area contributed by atoms with Gasteiger partial charge in [0.05, 0.1) is 12.1 Å². The van der Waals surface area contributed by atoms with E-state index in [1.807, 2.05) is 0 Å². The number of ether oxygens (including phenoxy) is 1. The molecule has 154 valence electrons. The van der Waals surface area contributed by atoms with Crippen molar-refractivity contribution in [1.82, 2.24) is 0 Å². The maximum Gasteiger partial charge on any atom is 0.101 e. The smallest absolute Gasteiger partial charge is 0.101 e. The van der Waals surface area contributed by atoms with Gasteiger partial charge in [0, 0.05) is 32.0 Å². The number of hydrogen-bond acceptors (Lipinski definition) is 2. The summed E-state index contributed by atoms with van der Waals surface area (Å²) in [5.41, 5.74) is 2.76. The average Bonchev–Trinajstić information content (AvgIpc) is 2.60. The van der Waals surface area contributed by atoms with E-state index in [9.17, 15) is 0 Å². The van der Waals surface area contributed by atoms with Gasteiger partial charge in [-0.05, 0) is 69.4 Å². The van der Waals surface area contributed by atoms with E-state index in [0.29, 0.717) is 0 Å². The zero-order valence-corrected chi connectivity index (χ0v) is 18.6. The molecule has 0 saturated carbocycles. The Morgan fingerprint density at radius 2 is 1.81 bits per heavy atom. The SMILES string of the molecule is CC(C)CC[C@@H](CC[NH2+]Cc1ccc(N(C)C)cc1)[C@H]1CCOC(C)(C)C1. The van der Waals surface area contributed by atoms with Crippen molar-refractivity contribution in [2.24, 2.45) is 17.8 Å². The van der Waals surface area contributed by atoms with Crippen LogP contribution < -0.4 is 10.2 Å². The van der Waals surface area contributed by atoms with Crippen LogP contribution in [0.15, 0.2) is 24.3 Å². The number of nitrogens with two attached hydrogens (primary N) is 1. The third-order valence-electron chi connectivity index (χ3n) is 6.09. The number of quaternary nitrogens is 1. The fraction of sp³-hybridized carbons (Fsp3) is 0.750. The van der Waals surface area contributed by atoms with Gasteiger partial charge in [-0.1, -0.05) is 32.4 Å². The Labute approximate surface area is 167 Å². The van der Waals surface area contributed by atoms with Gasteiger partial charge in [0.25, 0.3) is 0 Å². The normalized spacial score (nSPS) is 20.6. The predicted molar refractivity (Wildman–Crippen MR) is 116 cm³/mol. The van der Waals surface area contributed by atoms with Crippen LogP contribution in [0.3, 0.4) is 0 Å². The number of hydrogen-bond donors (Lipinski definition) is 1. The van der Waals surface area contributed by atoms with Crippen molar-refractivity contribution in [1.29, 1.82) is 0 Å². The van der Waals surface area contributed by atoms with E-state index in [0.717, 1.165) is 30.9 Å². The van der Waals surface area contributed by atoms with E-state index in [4.69, 9.17) is 4.74 Å². The number of rotatable bonds is 10. The summed E-state index contributed by atoms with van der Waals surface area (Å²) in [7, 11) is 4.19. The molecule has 3 heteroatoms. The minimum Gasteiger partial charge on any atom is -0.378 e. The van der Waals surface area contributed by atoms with Crippen molar-refractivity contribution < 1.29 is 10.1 Å². The summed E-state index contributed by atoms with van der Waals surface area (Å²) in [4.78, 5) is 2.15. The summed E-state index contributed by atoms with van der Waals surface area (Å²) >= 11 is 0. The Balaban J connectivity index is 1.82. The first-order chi connectivity index (χ1) is 12.8. The lowest BCUT2D eigenvalue weighted by molar-refractivity contribution is -0.671. The monoisotopic (exact) mass is 375 g/mol. The molecule has 1 saturated heterocycles. The first-order valence-electron chi connectivity index (χ1n) is 11.0. The van der Waals surface area contributed by atoms with Crippen LogP contribution in [0.4, 0.5) is 5.69 Å². The van der Waals surface area contributed by atoms with Crippen LogP contribution >= 0.6 is 0 Å². The van der Waals surface area contributed by atoms with Gasteiger partial charge < -0.3 is 15.0 Å². The molecular formula is C24H43N2O+. The maximum absolute atomic E-state index is 5.97. The van der Waals surface area contributed by atoms with Gasteiger partial charge in [-0.2, -0.15) is 0 Å². The zero-order valence-electron chi connectivity index (χ0n) is 18.6.